The summed E-state index contributed by atoms with van der Waals surface area (Å²) in [6.45, 7) is 1.34. The molecular weight excluding hydrogens is 366 g/mol. The monoisotopic (exact) mass is 389 g/mol. The number of urea groups is 1. The van der Waals surface area contributed by atoms with E-state index < -0.39 is 0 Å². The van der Waals surface area contributed by atoms with Crippen molar-refractivity contribution in [2.24, 2.45) is 0 Å². The number of pyridine rings is 3. The van der Waals surface area contributed by atoms with Gasteiger partial charge in [-0.15, -0.1) is 0 Å². The average molecular weight is 389 g/mol. The number of hydrogen-bond acceptors (Lipinski definition) is 6. The van der Waals surface area contributed by atoms with Gasteiger partial charge in [-0.3, -0.25) is 10.2 Å². The molecule has 0 aromatic carbocycles. The van der Waals surface area contributed by atoms with Gasteiger partial charge < -0.3 is 10.2 Å². The first-order valence-electron chi connectivity index (χ1n) is 9.50. The Balaban J connectivity index is 1.65. The SMILES string of the molecule is CN(C)c1ccc(-c2ccc3c(n2)N(C(=O)Nc2ccccn2)CCCN3)cn1. The van der Waals surface area contributed by atoms with Crippen molar-refractivity contribution in [2.45, 2.75) is 6.42 Å². The number of carbonyl (C=O) groups is 1. The molecule has 1 aliphatic heterocycles. The van der Waals surface area contributed by atoms with E-state index >= 15 is 0 Å². The molecule has 29 heavy (non-hydrogen) atoms. The number of fused-ring (bicyclic) bond motifs is 1. The Hall–Kier alpha value is -3.68. The van der Waals surface area contributed by atoms with Crippen LogP contribution in [0.4, 0.5) is 27.9 Å². The molecule has 2 amide bonds. The molecule has 4 heterocycles. The topological polar surface area (TPSA) is 86.3 Å². The lowest BCUT2D eigenvalue weighted by molar-refractivity contribution is 0.256. The first-order chi connectivity index (χ1) is 14.1. The van der Waals surface area contributed by atoms with Crippen molar-refractivity contribution in [2.75, 3.05) is 47.6 Å². The molecule has 0 saturated carbocycles. The van der Waals surface area contributed by atoms with E-state index in [2.05, 4.69) is 20.6 Å². The van der Waals surface area contributed by atoms with Crippen LogP contribution in [0.3, 0.4) is 0 Å². The van der Waals surface area contributed by atoms with Crippen LogP contribution in [-0.2, 0) is 0 Å². The highest BCUT2D eigenvalue weighted by molar-refractivity contribution is 6.02. The number of aromatic nitrogens is 3. The van der Waals surface area contributed by atoms with Crippen molar-refractivity contribution in [1.82, 2.24) is 15.0 Å². The summed E-state index contributed by atoms with van der Waals surface area (Å²) in [4.78, 5) is 30.0. The van der Waals surface area contributed by atoms with E-state index in [9.17, 15) is 4.79 Å². The Morgan fingerprint density at radius 2 is 2.03 bits per heavy atom. The molecule has 0 atom stereocenters. The molecule has 148 valence electrons. The molecule has 0 aliphatic carbocycles. The van der Waals surface area contributed by atoms with Crippen molar-refractivity contribution in [3.63, 3.8) is 0 Å². The molecule has 0 saturated heterocycles. The van der Waals surface area contributed by atoms with Crippen LogP contribution in [0, 0.1) is 0 Å². The van der Waals surface area contributed by atoms with Gasteiger partial charge >= 0.3 is 6.03 Å². The minimum atomic E-state index is -0.251. The first-order valence-corrected chi connectivity index (χ1v) is 9.50. The van der Waals surface area contributed by atoms with Crippen LogP contribution in [0.2, 0.25) is 0 Å². The van der Waals surface area contributed by atoms with Crippen molar-refractivity contribution < 1.29 is 4.79 Å². The average Bonchev–Trinajstić information content (AvgIpc) is 2.96. The fourth-order valence-electron chi connectivity index (χ4n) is 3.13. The molecule has 0 fully saturated rings. The first kappa shape index (κ1) is 18.7. The number of amides is 2. The summed E-state index contributed by atoms with van der Waals surface area (Å²) in [5.41, 5.74) is 2.49. The predicted molar refractivity (Wildman–Crippen MR) is 116 cm³/mol. The van der Waals surface area contributed by atoms with E-state index in [0.717, 1.165) is 35.7 Å². The molecule has 0 radical (unpaired) electrons. The van der Waals surface area contributed by atoms with Gasteiger partial charge in [0, 0.05) is 45.1 Å². The van der Waals surface area contributed by atoms with Crippen LogP contribution in [0.25, 0.3) is 11.3 Å². The van der Waals surface area contributed by atoms with Gasteiger partial charge in [-0.2, -0.15) is 0 Å². The molecule has 3 aromatic rings. The normalized spacial score (nSPS) is 13.1. The number of nitrogens with zero attached hydrogens (tertiary/aromatic N) is 5. The molecule has 1 aliphatic rings. The lowest BCUT2D eigenvalue weighted by Crippen LogP contribution is -2.36. The van der Waals surface area contributed by atoms with Crippen molar-refractivity contribution in [1.29, 1.82) is 0 Å². The highest BCUT2D eigenvalue weighted by atomic mass is 16.2. The van der Waals surface area contributed by atoms with Gasteiger partial charge in [0.1, 0.15) is 11.6 Å². The lowest BCUT2D eigenvalue weighted by Gasteiger charge is -2.22. The van der Waals surface area contributed by atoms with Crippen LogP contribution in [0.15, 0.2) is 54.9 Å². The van der Waals surface area contributed by atoms with Crippen molar-refractivity contribution in [3.05, 3.63) is 54.9 Å². The van der Waals surface area contributed by atoms with Crippen molar-refractivity contribution >= 4 is 29.2 Å². The molecule has 8 heteroatoms. The number of hydrogen-bond donors (Lipinski definition) is 2. The smallest absolute Gasteiger partial charge is 0.328 e. The van der Waals surface area contributed by atoms with Crippen LogP contribution >= 0.6 is 0 Å². The maximum atomic E-state index is 12.9. The summed E-state index contributed by atoms with van der Waals surface area (Å²) < 4.78 is 0. The summed E-state index contributed by atoms with van der Waals surface area (Å²) in [5.74, 6) is 1.99. The second-order valence-electron chi connectivity index (χ2n) is 6.94. The molecule has 2 N–H and O–H groups in total. The van der Waals surface area contributed by atoms with E-state index in [0.29, 0.717) is 18.2 Å². The quantitative estimate of drug-likeness (QED) is 0.713. The van der Waals surface area contributed by atoms with Crippen LogP contribution < -0.4 is 20.4 Å². The van der Waals surface area contributed by atoms with Crippen LogP contribution in [0.1, 0.15) is 6.42 Å². The zero-order chi connectivity index (χ0) is 20.2. The third-order valence-electron chi connectivity index (χ3n) is 4.65. The summed E-state index contributed by atoms with van der Waals surface area (Å²) in [6, 6.07) is 13.0. The predicted octanol–water partition coefficient (Wildman–Crippen LogP) is 3.46. The standard InChI is InChI=1S/C21H23N7O/c1-27(2)19-10-7-15(14-24-19)16-8-9-17-20(25-16)28(13-5-12-22-17)21(29)26-18-6-3-4-11-23-18/h3-4,6-11,14,22H,5,12-13H2,1-2H3,(H,23,26,29). The fourth-order valence-corrected chi connectivity index (χ4v) is 3.13. The Morgan fingerprint density at radius 1 is 1.14 bits per heavy atom. The minimum Gasteiger partial charge on any atom is -0.382 e. The van der Waals surface area contributed by atoms with E-state index in [1.54, 1.807) is 23.4 Å². The van der Waals surface area contributed by atoms with E-state index in [1.807, 2.05) is 55.4 Å². The Bertz CT molecular complexity index is 990. The summed E-state index contributed by atoms with van der Waals surface area (Å²) in [7, 11) is 3.90. The number of carbonyl (C=O) groups excluding carboxylic acids is 1. The maximum absolute atomic E-state index is 12.9. The maximum Gasteiger partial charge on any atom is 0.328 e. The van der Waals surface area contributed by atoms with E-state index in [1.165, 1.54) is 0 Å². The molecular formula is C21H23N7O. The molecule has 3 aromatic heterocycles. The Labute approximate surface area is 169 Å². The van der Waals surface area contributed by atoms with Gasteiger partial charge in [0.2, 0.25) is 0 Å². The van der Waals surface area contributed by atoms with Gasteiger partial charge in [-0.1, -0.05) is 6.07 Å². The highest BCUT2D eigenvalue weighted by Gasteiger charge is 2.23. The van der Waals surface area contributed by atoms with Crippen LogP contribution in [-0.4, -0.2) is 48.2 Å². The van der Waals surface area contributed by atoms with Gasteiger partial charge in [-0.25, -0.2) is 19.7 Å². The minimum absolute atomic E-state index is 0.251. The number of nitrogens with one attached hydrogen (secondary N) is 2. The lowest BCUT2D eigenvalue weighted by atomic mass is 10.2. The molecule has 0 spiro atoms. The van der Waals surface area contributed by atoms with Gasteiger partial charge in [0.05, 0.1) is 11.4 Å². The Morgan fingerprint density at radius 3 is 2.76 bits per heavy atom. The summed E-state index contributed by atoms with van der Waals surface area (Å²) in [5, 5.41) is 6.20. The molecule has 0 unspecified atom stereocenters. The molecule has 4 rings (SSSR count). The third-order valence-corrected chi connectivity index (χ3v) is 4.65. The van der Waals surface area contributed by atoms with Gasteiger partial charge in [0.15, 0.2) is 5.82 Å². The zero-order valence-electron chi connectivity index (χ0n) is 16.5. The van der Waals surface area contributed by atoms with Crippen molar-refractivity contribution in [3.8, 4) is 11.3 Å². The molecule has 8 nitrogen and oxygen atoms in total. The second kappa shape index (κ2) is 8.14. The summed E-state index contributed by atoms with van der Waals surface area (Å²) in [6.07, 6.45) is 4.27. The number of anilines is 4. The van der Waals surface area contributed by atoms with E-state index in [-0.39, 0.29) is 6.03 Å². The largest absolute Gasteiger partial charge is 0.382 e. The second-order valence-corrected chi connectivity index (χ2v) is 6.94. The fraction of sp³-hybridized carbons (Fsp3) is 0.238. The van der Waals surface area contributed by atoms with Gasteiger partial charge in [0.25, 0.3) is 0 Å². The van der Waals surface area contributed by atoms with Crippen LogP contribution in [0.5, 0.6) is 0 Å². The number of rotatable bonds is 3. The zero-order valence-corrected chi connectivity index (χ0v) is 16.5. The van der Waals surface area contributed by atoms with Gasteiger partial charge in [-0.05, 0) is 42.8 Å². The third kappa shape index (κ3) is 4.11. The molecule has 0 bridgehead atoms. The summed E-state index contributed by atoms with van der Waals surface area (Å²) >= 11 is 0. The Kier molecular flexibility index (Phi) is 5.24. The van der Waals surface area contributed by atoms with E-state index in [4.69, 9.17) is 4.98 Å². The highest BCUT2D eigenvalue weighted by Crippen LogP contribution is 2.30.